The van der Waals surface area contributed by atoms with Gasteiger partial charge in [0.1, 0.15) is 5.82 Å². The van der Waals surface area contributed by atoms with Crippen LogP contribution in [0.5, 0.6) is 0 Å². The van der Waals surface area contributed by atoms with Gasteiger partial charge in [0.25, 0.3) is 0 Å². The van der Waals surface area contributed by atoms with Gasteiger partial charge in [0, 0.05) is 18.0 Å². The third-order valence-corrected chi connectivity index (χ3v) is 4.70. The Balaban J connectivity index is 1.62. The first-order valence-corrected chi connectivity index (χ1v) is 7.92. The molecule has 106 valence electrons. The predicted octanol–water partition coefficient (Wildman–Crippen LogP) is 3.37. The van der Waals surface area contributed by atoms with E-state index in [1.807, 2.05) is 13.1 Å². The molecule has 0 spiro atoms. The summed E-state index contributed by atoms with van der Waals surface area (Å²) < 4.78 is 0. The molecule has 5 heteroatoms. The van der Waals surface area contributed by atoms with Gasteiger partial charge in [0.2, 0.25) is 0 Å². The average molecular weight is 288 g/mol. The summed E-state index contributed by atoms with van der Waals surface area (Å²) in [4.78, 5) is 12.6. The largest absolute Gasteiger partial charge is 0.379 e. The molecule has 3 heterocycles. The minimum absolute atomic E-state index is 0.822. The molecule has 2 aromatic heterocycles. The quantitative estimate of drug-likeness (QED) is 0.936. The van der Waals surface area contributed by atoms with E-state index in [0.29, 0.717) is 0 Å². The summed E-state index contributed by atoms with van der Waals surface area (Å²) in [7, 11) is 0. The number of hydrogen-bond donors (Lipinski definition) is 1. The smallest absolute Gasteiger partial charge is 0.128 e. The van der Waals surface area contributed by atoms with Crippen molar-refractivity contribution >= 4 is 22.8 Å². The fraction of sp³-hybridized carbons (Fsp3) is 0.467. The van der Waals surface area contributed by atoms with Crippen molar-refractivity contribution in [3.8, 4) is 0 Å². The Bertz CT molecular complexity index is 570. The number of pyridine rings is 1. The fourth-order valence-corrected chi connectivity index (χ4v) is 3.42. The first-order valence-electron chi connectivity index (χ1n) is 7.10. The first-order chi connectivity index (χ1) is 9.72. The molecule has 20 heavy (non-hydrogen) atoms. The number of aromatic nitrogens is 2. The summed E-state index contributed by atoms with van der Waals surface area (Å²) in [5.74, 6) is 1.10. The van der Waals surface area contributed by atoms with Crippen LogP contribution in [0.15, 0.2) is 18.3 Å². The Morgan fingerprint density at radius 3 is 2.65 bits per heavy atom. The predicted molar refractivity (Wildman–Crippen MR) is 84.6 cm³/mol. The molecular formula is C15H20N4S. The number of hydrogen-bond acceptors (Lipinski definition) is 5. The summed E-state index contributed by atoms with van der Waals surface area (Å²) >= 11 is 1.75. The van der Waals surface area contributed by atoms with Crippen LogP contribution in [0.2, 0.25) is 0 Å². The Morgan fingerprint density at radius 2 is 2.05 bits per heavy atom. The minimum atomic E-state index is 0.822. The molecule has 1 fully saturated rings. The summed E-state index contributed by atoms with van der Waals surface area (Å²) in [6.07, 6.45) is 4.49. The molecule has 0 unspecified atom stereocenters. The van der Waals surface area contributed by atoms with E-state index in [-0.39, 0.29) is 0 Å². The maximum absolute atomic E-state index is 4.55. The van der Waals surface area contributed by atoms with Crippen molar-refractivity contribution in [3.63, 3.8) is 0 Å². The van der Waals surface area contributed by atoms with E-state index >= 15 is 0 Å². The molecule has 4 nitrogen and oxygen atoms in total. The van der Waals surface area contributed by atoms with Gasteiger partial charge in [-0.15, -0.1) is 11.3 Å². The molecule has 1 N–H and O–H groups in total. The normalized spacial score (nSPS) is 14.8. The van der Waals surface area contributed by atoms with E-state index in [4.69, 9.17) is 0 Å². The highest BCUT2D eigenvalue weighted by atomic mass is 32.1. The van der Waals surface area contributed by atoms with E-state index < -0.39 is 0 Å². The molecule has 2 aromatic rings. The number of anilines is 2. The van der Waals surface area contributed by atoms with E-state index in [2.05, 4.69) is 39.2 Å². The molecule has 0 aliphatic carbocycles. The van der Waals surface area contributed by atoms with Crippen molar-refractivity contribution < 1.29 is 0 Å². The summed E-state index contributed by atoms with van der Waals surface area (Å²) in [5, 5.41) is 4.55. The fourth-order valence-electron chi connectivity index (χ4n) is 2.54. The Kier molecular flexibility index (Phi) is 3.87. The highest BCUT2D eigenvalue weighted by Gasteiger charge is 2.13. The lowest BCUT2D eigenvalue weighted by molar-refractivity contribution is 0.937. The van der Waals surface area contributed by atoms with Gasteiger partial charge in [0.15, 0.2) is 0 Å². The van der Waals surface area contributed by atoms with Crippen LogP contribution >= 0.6 is 11.3 Å². The first kappa shape index (κ1) is 13.4. The van der Waals surface area contributed by atoms with Crippen LogP contribution in [0.3, 0.4) is 0 Å². The van der Waals surface area contributed by atoms with Gasteiger partial charge in [-0.05, 0) is 38.8 Å². The Hall–Kier alpha value is -1.62. The maximum Gasteiger partial charge on any atom is 0.128 e. The maximum atomic E-state index is 4.55. The molecule has 0 radical (unpaired) electrons. The van der Waals surface area contributed by atoms with Crippen LogP contribution in [0, 0.1) is 13.8 Å². The van der Waals surface area contributed by atoms with E-state index in [1.165, 1.54) is 17.7 Å². The number of nitrogens with one attached hydrogen (secondary N) is 1. The summed E-state index contributed by atoms with van der Waals surface area (Å²) in [5.41, 5.74) is 2.19. The number of aryl methyl sites for hydroxylation is 2. The molecule has 1 saturated heterocycles. The van der Waals surface area contributed by atoms with E-state index in [1.54, 1.807) is 11.3 Å². The molecule has 0 atom stereocenters. The zero-order valence-corrected chi connectivity index (χ0v) is 12.8. The lowest BCUT2D eigenvalue weighted by atomic mass is 10.3. The van der Waals surface area contributed by atoms with Crippen molar-refractivity contribution in [2.24, 2.45) is 0 Å². The summed E-state index contributed by atoms with van der Waals surface area (Å²) in [6, 6.07) is 4.22. The SMILES string of the molecule is Cc1nc(C)c(CNc2ccc(N3CCCC3)nc2)s1. The van der Waals surface area contributed by atoms with Crippen molar-refractivity contribution in [1.82, 2.24) is 9.97 Å². The highest BCUT2D eigenvalue weighted by molar-refractivity contribution is 7.11. The standard InChI is InChI=1S/C15H20N4S/c1-11-14(20-12(2)18-11)10-16-13-5-6-15(17-9-13)19-7-3-4-8-19/h5-6,9,16H,3-4,7-8,10H2,1-2H3. The van der Waals surface area contributed by atoms with Gasteiger partial charge in [-0.3, -0.25) is 0 Å². The van der Waals surface area contributed by atoms with Crippen molar-refractivity contribution in [1.29, 1.82) is 0 Å². The van der Waals surface area contributed by atoms with E-state index in [9.17, 15) is 0 Å². The second-order valence-electron chi connectivity index (χ2n) is 5.19. The molecular weight excluding hydrogens is 268 g/mol. The second-order valence-corrected chi connectivity index (χ2v) is 6.48. The van der Waals surface area contributed by atoms with Gasteiger partial charge in [0.05, 0.1) is 29.1 Å². The van der Waals surface area contributed by atoms with Gasteiger partial charge < -0.3 is 10.2 Å². The van der Waals surface area contributed by atoms with Gasteiger partial charge in [-0.25, -0.2) is 9.97 Å². The van der Waals surface area contributed by atoms with Crippen LogP contribution in [-0.4, -0.2) is 23.1 Å². The number of rotatable bonds is 4. The molecule has 0 bridgehead atoms. The zero-order chi connectivity index (χ0) is 13.9. The topological polar surface area (TPSA) is 41.1 Å². The molecule has 0 amide bonds. The van der Waals surface area contributed by atoms with Gasteiger partial charge >= 0.3 is 0 Å². The zero-order valence-electron chi connectivity index (χ0n) is 12.0. The highest BCUT2D eigenvalue weighted by Crippen LogP contribution is 2.21. The third kappa shape index (κ3) is 2.93. The van der Waals surface area contributed by atoms with Crippen molar-refractivity contribution in [3.05, 3.63) is 33.9 Å². The monoisotopic (exact) mass is 288 g/mol. The lowest BCUT2D eigenvalue weighted by Gasteiger charge is -2.16. The van der Waals surface area contributed by atoms with Crippen LogP contribution in [-0.2, 0) is 6.54 Å². The summed E-state index contributed by atoms with van der Waals surface area (Å²) in [6.45, 7) is 7.21. The lowest BCUT2D eigenvalue weighted by Crippen LogP contribution is -2.18. The van der Waals surface area contributed by atoms with Crippen LogP contribution in [0.1, 0.15) is 28.4 Å². The Labute approximate surface area is 123 Å². The molecule has 1 aliphatic rings. The van der Waals surface area contributed by atoms with Crippen molar-refractivity contribution in [2.45, 2.75) is 33.2 Å². The molecule has 1 aliphatic heterocycles. The Morgan fingerprint density at radius 1 is 1.25 bits per heavy atom. The van der Waals surface area contributed by atoms with E-state index in [0.717, 1.165) is 41.8 Å². The second kappa shape index (κ2) is 5.79. The third-order valence-electron chi connectivity index (χ3n) is 3.63. The van der Waals surface area contributed by atoms with Gasteiger partial charge in [-0.1, -0.05) is 0 Å². The number of nitrogens with zero attached hydrogens (tertiary/aromatic N) is 3. The molecule has 0 saturated carbocycles. The molecule has 3 rings (SSSR count). The van der Waals surface area contributed by atoms with Gasteiger partial charge in [-0.2, -0.15) is 0 Å². The average Bonchev–Trinajstić information content (AvgIpc) is 3.07. The van der Waals surface area contributed by atoms with Crippen LogP contribution < -0.4 is 10.2 Å². The van der Waals surface area contributed by atoms with Crippen LogP contribution in [0.4, 0.5) is 11.5 Å². The van der Waals surface area contributed by atoms with Crippen LogP contribution in [0.25, 0.3) is 0 Å². The van der Waals surface area contributed by atoms with Crippen molar-refractivity contribution in [2.75, 3.05) is 23.3 Å². The number of thiazole rings is 1. The molecule has 0 aromatic carbocycles. The minimum Gasteiger partial charge on any atom is -0.379 e.